The van der Waals surface area contributed by atoms with Crippen molar-refractivity contribution in [3.05, 3.63) is 0 Å². The van der Waals surface area contributed by atoms with Crippen molar-refractivity contribution < 1.29 is 4.79 Å². The van der Waals surface area contributed by atoms with Crippen molar-refractivity contribution in [1.82, 2.24) is 10.2 Å². The van der Waals surface area contributed by atoms with Crippen LogP contribution in [0.3, 0.4) is 0 Å². The Bertz CT molecular complexity index is 230. The van der Waals surface area contributed by atoms with Crippen molar-refractivity contribution in [2.75, 3.05) is 13.6 Å². The second-order valence-corrected chi connectivity index (χ2v) is 4.55. The fourth-order valence-electron chi connectivity index (χ4n) is 2.82. The minimum atomic E-state index is 0.0824. The van der Waals surface area contributed by atoms with E-state index in [0.717, 1.165) is 19.4 Å². The van der Waals surface area contributed by atoms with Gasteiger partial charge in [-0.25, -0.2) is 0 Å². The molecule has 1 atom stereocenters. The third kappa shape index (κ3) is 1.26. The molecule has 80 valence electrons. The fraction of sp³-hybridized carbons (Fsp3) is 0.909. The van der Waals surface area contributed by atoms with Gasteiger partial charge in [0.15, 0.2) is 0 Å². The third-order valence-electron chi connectivity index (χ3n) is 4.07. The predicted octanol–water partition coefficient (Wildman–Crippen LogP) is 1.14. The lowest BCUT2D eigenvalue weighted by atomic mass is 9.73. The summed E-state index contributed by atoms with van der Waals surface area (Å²) in [7, 11) is 1.88. The maximum atomic E-state index is 12.0. The van der Waals surface area contributed by atoms with Crippen LogP contribution in [0.4, 0.5) is 0 Å². The van der Waals surface area contributed by atoms with Gasteiger partial charge < -0.3 is 10.2 Å². The summed E-state index contributed by atoms with van der Waals surface area (Å²) in [6.07, 6.45) is 5.82. The van der Waals surface area contributed by atoms with Crippen LogP contribution in [-0.4, -0.2) is 36.0 Å². The second-order valence-electron chi connectivity index (χ2n) is 4.55. The highest BCUT2D eigenvalue weighted by Gasteiger charge is 2.47. The molecule has 14 heavy (non-hydrogen) atoms. The summed E-state index contributed by atoms with van der Waals surface area (Å²) >= 11 is 0. The molecule has 1 N–H and O–H groups in total. The van der Waals surface area contributed by atoms with Crippen molar-refractivity contribution >= 4 is 5.91 Å². The summed E-state index contributed by atoms with van der Waals surface area (Å²) < 4.78 is 0. The predicted molar refractivity (Wildman–Crippen MR) is 56.1 cm³/mol. The Kier molecular flexibility index (Phi) is 2.52. The van der Waals surface area contributed by atoms with Gasteiger partial charge in [0.25, 0.3) is 0 Å². The smallest absolute Gasteiger partial charge is 0.240 e. The number of likely N-dealkylation sites (tertiary alicyclic amines) is 1. The monoisotopic (exact) mass is 196 g/mol. The van der Waals surface area contributed by atoms with Crippen LogP contribution in [0.15, 0.2) is 0 Å². The van der Waals surface area contributed by atoms with Gasteiger partial charge in [0.05, 0.1) is 6.04 Å². The van der Waals surface area contributed by atoms with Gasteiger partial charge in [-0.05, 0) is 39.2 Å². The number of hydrogen-bond acceptors (Lipinski definition) is 2. The molecule has 0 aromatic carbocycles. The number of hydrogen-bond donors (Lipinski definition) is 1. The zero-order chi connectivity index (χ0) is 10.2. The molecular weight excluding hydrogens is 176 g/mol. The topological polar surface area (TPSA) is 32.3 Å². The van der Waals surface area contributed by atoms with Gasteiger partial charge in [-0.3, -0.25) is 4.79 Å². The summed E-state index contributed by atoms with van der Waals surface area (Å²) in [5, 5.41) is 3.10. The van der Waals surface area contributed by atoms with Crippen LogP contribution in [0.2, 0.25) is 0 Å². The van der Waals surface area contributed by atoms with E-state index in [4.69, 9.17) is 0 Å². The van der Waals surface area contributed by atoms with Crippen molar-refractivity contribution in [3.63, 3.8) is 0 Å². The van der Waals surface area contributed by atoms with E-state index >= 15 is 0 Å². The first kappa shape index (κ1) is 9.97. The van der Waals surface area contributed by atoms with Crippen LogP contribution in [-0.2, 0) is 4.79 Å². The standard InChI is InChI=1S/C11H20N2O/c1-3-11(6-4-7-11)13-8-5-9(12-2)10(13)14/h9,12H,3-8H2,1-2H3. The minimum absolute atomic E-state index is 0.0824. The molecule has 1 aliphatic heterocycles. The molecule has 0 bridgehead atoms. The number of rotatable bonds is 3. The molecule has 0 aromatic heterocycles. The van der Waals surface area contributed by atoms with E-state index in [-0.39, 0.29) is 11.6 Å². The lowest BCUT2D eigenvalue weighted by molar-refractivity contribution is -0.138. The molecule has 0 spiro atoms. The third-order valence-corrected chi connectivity index (χ3v) is 4.07. The Balaban J connectivity index is 2.08. The number of carbonyl (C=O) groups is 1. The van der Waals surface area contributed by atoms with Crippen LogP contribution in [0, 0.1) is 0 Å². The van der Waals surface area contributed by atoms with Crippen molar-refractivity contribution in [2.24, 2.45) is 0 Å². The Morgan fingerprint density at radius 2 is 2.29 bits per heavy atom. The molecule has 3 heteroatoms. The van der Waals surface area contributed by atoms with Gasteiger partial charge >= 0.3 is 0 Å². The summed E-state index contributed by atoms with van der Waals surface area (Å²) in [6, 6.07) is 0.0824. The molecule has 1 saturated heterocycles. The van der Waals surface area contributed by atoms with E-state index in [1.54, 1.807) is 0 Å². The average Bonchev–Trinajstić information content (AvgIpc) is 2.48. The van der Waals surface area contributed by atoms with Crippen molar-refractivity contribution in [1.29, 1.82) is 0 Å². The highest BCUT2D eigenvalue weighted by Crippen LogP contribution is 2.42. The molecule has 0 radical (unpaired) electrons. The molecule has 1 amide bonds. The van der Waals surface area contributed by atoms with Crippen LogP contribution < -0.4 is 5.32 Å². The number of nitrogens with zero attached hydrogens (tertiary/aromatic N) is 1. The van der Waals surface area contributed by atoms with E-state index in [9.17, 15) is 4.79 Å². The van der Waals surface area contributed by atoms with Crippen LogP contribution in [0.25, 0.3) is 0 Å². The van der Waals surface area contributed by atoms with Crippen LogP contribution in [0.1, 0.15) is 39.0 Å². The summed E-state index contributed by atoms with van der Waals surface area (Å²) in [4.78, 5) is 14.1. The van der Waals surface area contributed by atoms with Gasteiger partial charge in [-0.15, -0.1) is 0 Å². The molecule has 2 fully saturated rings. The van der Waals surface area contributed by atoms with Gasteiger partial charge in [0, 0.05) is 12.1 Å². The number of carbonyl (C=O) groups excluding carboxylic acids is 1. The summed E-state index contributed by atoms with van der Waals surface area (Å²) in [5.41, 5.74) is 0.239. The molecule has 2 aliphatic rings. The number of nitrogens with one attached hydrogen (secondary N) is 1. The first-order valence-corrected chi connectivity index (χ1v) is 5.72. The Morgan fingerprint density at radius 1 is 1.57 bits per heavy atom. The van der Waals surface area contributed by atoms with Crippen LogP contribution in [0.5, 0.6) is 0 Å². The largest absolute Gasteiger partial charge is 0.336 e. The maximum absolute atomic E-state index is 12.0. The fourth-order valence-corrected chi connectivity index (χ4v) is 2.82. The molecule has 1 aliphatic carbocycles. The van der Waals surface area contributed by atoms with Crippen molar-refractivity contribution in [2.45, 2.75) is 50.6 Å². The first-order valence-electron chi connectivity index (χ1n) is 5.72. The van der Waals surface area contributed by atoms with Gasteiger partial charge in [0.1, 0.15) is 0 Å². The maximum Gasteiger partial charge on any atom is 0.240 e. The highest BCUT2D eigenvalue weighted by molar-refractivity contribution is 5.84. The van der Waals surface area contributed by atoms with Gasteiger partial charge in [-0.2, -0.15) is 0 Å². The van der Waals surface area contributed by atoms with E-state index in [2.05, 4.69) is 17.1 Å². The number of amides is 1. The Labute approximate surface area is 85.8 Å². The minimum Gasteiger partial charge on any atom is -0.336 e. The lowest BCUT2D eigenvalue weighted by Crippen LogP contribution is -2.55. The highest BCUT2D eigenvalue weighted by atomic mass is 16.2. The normalized spacial score (nSPS) is 30.6. The molecule has 2 rings (SSSR count). The van der Waals surface area contributed by atoms with Crippen molar-refractivity contribution in [3.8, 4) is 0 Å². The lowest BCUT2D eigenvalue weighted by Gasteiger charge is -2.48. The van der Waals surface area contributed by atoms with E-state index in [1.165, 1.54) is 19.3 Å². The Morgan fingerprint density at radius 3 is 2.64 bits per heavy atom. The zero-order valence-electron chi connectivity index (χ0n) is 9.18. The van der Waals surface area contributed by atoms with Gasteiger partial charge in [-0.1, -0.05) is 6.92 Å². The van der Waals surface area contributed by atoms with E-state index < -0.39 is 0 Å². The second kappa shape index (κ2) is 3.54. The molecule has 3 nitrogen and oxygen atoms in total. The summed E-state index contributed by atoms with van der Waals surface area (Å²) in [5.74, 6) is 0.328. The van der Waals surface area contributed by atoms with E-state index in [1.807, 2.05) is 7.05 Å². The summed E-state index contributed by atoms with van der Waals surface area (Å²) in [6.45, 7) is 3.16. The SMILES string of the molecule is CCC1(N2CCC(NC)C2=O)CCC1. The zero-order valence-corrected chi connectivity index (χ0v) is 9.18. The quantitative estimate of drug-likeness (QED) is 0.734. The van der Waals surface area contributed by atoms with Gasteiger partial charge in [0.2, 0.25) is 5.91 Å². The number of likely N-dealkylation sites (N-methyl/N-ethyl adjacent to an activating group) is 1. The molecule has 1 unspecified atom stereocenters. The van der Waals surface area contributed by atoms with Crippen LogP contribution >= 0.6 is 0 Å². The molecular formula is C11H20N2O. The Hall–Kier alpha value is -0.570. The van der Waals surface area contributed by atoms with E-state index in [0.29, 0.717) is 5.91 Å². The first-order chi connectivity index (χ1) is 6.73. The average molecular weight is 196 g/mol. The molecule has 1 heterocycles. The molecule has 1 saturated carbocycles. The molecule has 0 aromatic rings.